The third kappa shape index (κ3) is 4.25. The molecule has 3 N–H and O–H groups in total. The molecule has 0 amide bonds. The Hall–Kier alpha value is -1.57. The number of aliphatic hydroxyl groups excluding tert-OH is 1. The van der Waals surface area contributed by atoms with E-state index in [1.165, 1.54) is 12.1 Å². The van der Waals surface area contributed by atoms with E-state index in [1.807, 2.05) is 4.90 Å². The Morgan fingerprint density at radius 2 is 1.77 bits per heavy atom. The number of nitrogens with one attached hydrogen (secondary N) is 2. The summed E-state index contributed by atoms with van der Waals surface area (Å²) in [4.78, 5) is 1.94. The molecule has 9 heteroatoms. The van der Waals surface area contributed by atoms with Gasteiger partial charge < -0.3 is 10.4 Å². The van der Waals surface area contributed by atoms with Crippen molar-refractivity contribution >= 4 is 10.0 Å². The van der Waals surface area contributed by atoms with Crippen LogP contribution in [-0.4, -0.2) is 54.9 Å². The smallest absolute Gasteiger partial charge is 0.241 e. The number of aliphatic hydroxyl groups is 1. The van der Waals surface area contributed by atoms with Crippen LogP contribution in [0, 0.1) is 17.1 Å². The summed E-state index contributed by atoms with van der Waals surface area (Å²) in [5.74, 6) is -0.462. The molecule has 4 aliphatic rings. The van der Waals surface area contributed by atoms with Crippen molar-refractivity contribution in [2.45, 2.75) is 79.6 Å². The Morgan fingerprint density at radius 1 is 1.17 bits per heavy atom. The number of halogens is 1. The molecule has 1 saturated heterocycles. The molecule has 5 rings (SSSR count). The second-order valence-electron chi connectivity index (χ2n) is 9.01. The molecule has 3 saturated carbocycles. The normalized spacial score (nSPS) is 32.8. The van der Waals surface area contributed by atoms with Crippen LogP contribution < -0.4 is 10.0 Å². The minimum atomic E-state index is -3.70. The van der Waals surface area contributed by atoms with Gasteiger partial charge in [-0.3, -0.25) is 4.90 Å². The van der Waals surface area contributed by atoms with Gasteiger partial charge >= 0.3 is 0 Å². The molecule has 164 valence electrons. The van der Waals surface area contributed by atoms with Gasteiger partial charge in [-0.15, -0.1) is 0 Å². The van der Waals surface area contributed by atoms with E-state index in [-0.39, 0.29) is 16.5 Å². The molecule has 0 aromatic heterocycles. The molecule has 7 nitrogen and oxygen atoms in total. The lowest BCUT2D eigenvalue weighted by atomic mass is 9.62. The first-order valence-corrected chi connectivity index (χ1v) is 12.1. The third-order valence-corrected chi connectivity index (χ3v) is 8.80. The summed E-state index contributed by atoms with van der Waals surface area (Å²) in [6, 6.07) is 6.94. The number of β-amino-alcohol motifs (C(OH)–C–C–N with tert-alkyl or cyclic N) is 1. The van der Waals surface area contributed by atoms with Crippen molar-refractivity contribution in [3.8, 4) is 6.07 Å². The highest BCUT2D eigenvalue weighted by Crippen LogP contribution is 2.47. The number of hydrogen-bond donors (Lipinski definition) is 3. The first-order chi connectivity index (χ1) is 14.3. The fourth-order valence-electron chi connectivity index (χ4n) is 5.27. The summed E-state index contributed by atoms with van der Waals surface area (Å²) >= 11 is 0. The van der Waals surface area contributed by atoms with Crippen LogP contribution in [0.4, 0.5) is 4.39 Å². The monoisotopic (exact) mass is 436 g/mol. The molecule has 30 heavy (non-hydrogen) atoms. The van der Waals surface area contributed by atoms with Gasteiger partial charge in [-0.25, -0.2) is 17.5 Å². The van der Waals surface area contributed by atoms with Crippen LogP contribution >= 0.6 is 0 Å². The van der Waals surface area contributed by atoms with Crippen LogP contribution in [0.25, 0.3) is 0 Å². The van der Waals surface area contributed by atoms with E-state index < -0.39 is 27.6 Å². The zero-order chi connectivity index (χ0) is 21.4. The van der Waals surface area contributed by atoms with Crippen molar-refractivity contribution in [2.24, 2.45) is 0 Å². The summed E-state index contributed by atoms with van der Waals surface area (Å²) < 4.78 is 41.6. The van der Waals surface area contributed by atoms with Gasteiger partial charge in [-0.2, -0.15) is 5.26 Å². The third-order valence-electron chi connectivity index (χ3n) is 7.21. The zero-order valence-corrected chi connectivity index (χ0v) is 17.8. The Morgan fingerprint density at radius 3 is 2.37 bits per heavy atom. The van der Waals surface area contributed by atoms with Crippen molar-refractivity contribution in [1.82, 2.24) is 14.9 Å². The summed E-state index contributed by atoms with van der Waals surface area (Å²) in [7, 11) is -3.70. The molecule has 1 aromatic rings. The molecule has 1 heterocycles. The summed E-state index contributed by atoms with van der Waals surface area (Å²) in [5, 5.41) is 23.3. The van der Waals surface area contributed by atoms with E-state index in [0.29, 0.717) is 6.54 Å². The predicted molar refractivity (Wildman–Crippen MR) is 109 cm³/mol. The SMILES string of the molecule is N#CC1CCCN1C(O)CNC12CCC(NS(=O)(=O)c3ccc(F)cc3)(CC1)CC2. The first kappa shape index (κ1) is 21.7. The fourth-order valence-corrected chi connectivity index (χ4v) is 6.76. The maximum absolute atomic E-state index is 13.1. The Labute approximate surface area is 177 Å². The largest absolute Gasteiger partial charge is 0.377 e. The molecule has 1 aliphatic heterocycles. The van der Waals surface area contributed by atoms with Crippen LogP contribution in [0.1, 0.15) is 51.4 Å². The van der Waals surface area contributed by atoms with Crippen LogP contribution in [0.3, 0.4) is 0 Å². The van der Waals surface area contributed by atoms with E-state index in [9.17, 15) is 23.2 Å². The quantitative estimate of drug-likeness (QED) is 0.602. The van der Waals surface area contributed by atoms with Gasteiger partial charge in [0.25, 0.3) is 0 Å². The maximum Gasteiger partial charge on any atom is 0.241 e. The van der Waals surface area contributed by atoms with E-state index >= 15 is 0 Å². The lowest BCUT2D eigenvalue weighted by molar-refractivity contribution is -0.0101. The number of likely N-dealkylation sites (tertiary alicyclic amines) is 1. The van der Waals surface area contributed by atoms with E-state index in [4.69, 9.17) is 0 Å². The lowest BCUT2D eigenvalue weighted by Crippen LogP contribution is -2.64. The van der Waals surface area contributed by atoms with Crippen molar-refractivity contribution < 1.29 is 17.9 Å². The molecular weight excluding hydrogens is 407 g/mol. The second kappa shape index (κ2) is 8.17. The van der Waals surface area contributed by atoms with Crippen LogP contribution in [0.5, 0.6) is 0 Å². The zero-order valence-electron chi connectivity index (χ0n) is 17.0. The molecule has 1 aromatic carbocycles. The number of benzene rings is 1. The summed E-state index contributed by atoms with van der Waals surface area (Å²) in [6.45, 7) is 1.15. The minimum absolute atomic E-state index is 0.0830. The van der Waals surface area contributed by atoms with Gasteiger partial charge in [-0.1, -0.05) is 0 Å². The van der Waals surface area contributed by atoms with Crippen LogP contribution in [0.2, 0.25) is 0 Å². The number of rotatable bonds is 7. The lowest BCUT2D eigenvalue weighted by Gasteiger charge is -2.54. The molecule has 0 spiro atoms. The second-order valence-corrected chi connectivity index (χ2v) is 10.7. The standard InChI is InChI=1S/C21H29FN4O3S/c22-16-3-5-18(6-4-16)30(28,29)25-21-10-7-20(8-11-21,9-12-21)24-15-19(27)26-13-1-2-17(26)14-23/h3-6,17,19,24-25,27H,1-2,7-13,15H2. The number of sulfonamides is 1. The topological polar surface area (TPSA) is 105 Å². The Kier molecular flexibility index (Phi) is 5.90. The predicted octanol–water partition coefficient (Wildman–Crippen LogP) is 1.85. The van der Waals surface area contributed by atoms with Gasteiger partial charge in [0.2, 0.25) is 10.0 Å². The van der Waals surface area contributed by atoms with E-state index in [2.05, 4.69) is 16.1 Å². The van der Waals surface area contributed by atoms with Gasteiger partial charge in [0, 0.05) is 24.2 Å². The molecule has 2 unspecified atom stereocenters. The van der Waals surface area contributed by atoms with Crippen LogP contribution in [0.15, 0.2) is 29.2 Å². The van der Waals surface area contributed by atoms with Gasteiger partial charge in [-0.05, 0) is 75.6 Å². The summed E-state index contributed by atoms with van der Waals surface area (Å²) in [6.07, 6.45) is 5.70. The first-order valence-electron chi connectivity index (χ1n) is 10.6. The average Bonchev–Trinajstić information content (AvgIpc) is 3.22. The number of nitrogens with zero attached hydrogens (tertiary/aromatic N) is 2. The Bertz CT molecular complexity index is 891. The highest BCUT2D eigenvalue weighted by atomic mass is 32.2. The molecule has 3 aliphatic carbocycles. The van der Waals surface area contributed by atoms with Crippen molar-refractivity contribution in [3.05, 3.63) is 30.1 Å². The highest BCUT2D eigenvalue weighted by Gasteiger charge is 2.50. The number of hydrogen-bond acceptors (Lipinski definition) is 6. The van der Waals surface area contributed by atoms with Crippen molar-refractivity contribution in [2.75, 3.05) is 13.1 Å². The maximum atomic E-state index is 13.1. The van der Waals surface area contributed by atoms with Crippen LogP contribution in [-0.2, 0) is 10.0 Å². The van der Waals surface area contributed by atoms with Gasteiger partial charge in [0.05, 0.1) is 17.0 Å². The molecule has 4 fully saturated rings. The number of fused-ring (bicyclic) bond motifs is 3. The number of nitriles is 1. The van der Waals surface area contributed by atoms with Gasteiger partial charge in [0.15, 0.2) is 0 Å². The molecule has 0 radical (unpaired) electrons. The van der Waals surface area contributed by atoms with Gasteiger partial charge in [0.1, 0.15) is 12.0 Å². The minimum Gasteiger partial charge on any atom is -0.377 e. The summed E-state index contributed by atoms with van der Waals surface area (Å²) in [5.41, 5.74) is -0.554. The fraction of sp³-hybridized carbons (Fsp3) is 0.667. The molecular formula is C21H29FN4O3S. The average molecular weight is 437 g/mol. The Balaban J connectivity index is 1.35. The highest BCUT2D eigenvalue weighted by molar-refractivity contribution is 7.89. The molecule has 2 bridgehead atoms. The van der Waals surface area contributed by atoms with Crippen molar-refractivity contribution in [1.29, 1.82) is 5.26 Å². The molecule has 2 atom stereocenters. The van der Waals surface area contributed by atoms with E-state index in [1.54, 1.807) is 0 Å². The van der Waals surface area contributed by atoms with Crippen molar-refractivity contribution in [3.63, 3.8) is 0 Å². The van der Waals surface area contributed by atoms with E-state index in [0.717, 1.165) is 70.0 Å².